The second-order valence-corrected chi connectivity index (χ2v) is 7.27. The molecule has 0 radical (unpaired) electrons. The Hall–Kier alpha value is -2.13. The largest absolute Gasteiger partial charge is 0.493 e. The molecule has 1 unspecified atom stereocenters. The summed E-state index contributed by atoms with van der Waals surface area (Å²) in [6.45, 7) is 3.24. The van der Waals surface area contributed by atoms with E-state index in [1.165, 1.54) is 0 Å². The average molecular weight is 413 g/mol. The van der Waals surface area contributed by atoms with Gasteiger partial charge in [-0.2, -0.15) is 11.8 Å². The minimum atomic E-state index is -0.384. The molecule has 1 amide bonds. The number of nitrogens with zero attached hydrogens (tertiary/aromatic N) is 1. The third-order valence-electron chi connectivity index (χ3n) is 4.36. The monoisotopic (exact) mass is 412 g/mol. The first-order valence-electron chi connectivity index (χ1n) is 9.08. The lowest BCUT2D eigenvalue weighted by Gasteiger charge is -2.32. The second-order valence-electron chi connectivity index (χ2n) is 6.12. The lowest BCUT2D eigenvalue weighted by atomic mass is 10.1. The molecule has 2 rings (SSSR count). The van der Waals surface area contributed by atoms with E-state index in [9.17, 15) is 9.59 Å². The van der Waals surface area contributed by atoms with Gasteiger partial charge in [0, 0.05) is 24.6 Å². The Bertz CT molecular complexity index is 659. The van der Waals surface area contributed by atoms with Crippen LogP contribution in [0.25, 0.3) is 0 Å². The topological polar surface area (TPSA) is 86.3 Å². The van der Waals surface area contributed by atoms with Gasteiger partial charge in [-0.05, 0) is 24.6 Å². The van der Waals surface area contributed by atoms with Crippen LogP contribution in [0, 0.1) is 0 Å². The standard InChI is InChI=1S/C19H28N2O6S/c1-5-27-19(23)14-12-28-7-6-21(14)11-17(22)20-10-13-8-15(24-2)18(26-4)16(9-13)25-3/h8-9,14H,5-7,10-12H2,1-4H3,(H,20,22). The van der Waals surface area contributed by atoms with Gasteiger partial charge in [-0.3, -0.25) is 14.5 Å². The Morgan fingerprint density at radius 2 is 1.86 bits per heavy atom. The molecular formula is C19H28N2O6S. The van der Waals surface area contributed by atoms with Gasteiger partial charge >= 0.3 is 5.97 Å². The van der Waals surface area contributed by atoms with Crippen molar-refractivity contribution in [2.75, 3.05) is 52.5 Å². The molecule has 28 heavy (non-hydrogen) atoms. The van der Waals surface area contributed by atoms with E-state index in [4.69, 9.17) is 18.9 Å². The Labute approximate surface area is 169 Å². The highest BCUT2D eigenvalue weighted by atomic mass is 32.2. The van der Waals surface area contributed by atoms with Crippen molar-refractivity contribution in [3.8, 4) is 17.2 Å². The van der Waals surface area contributed by atoms with Crippen molar-refractivity contribution >= 4 is 23.6 Å². The summed E-state index contributed by atoms with van der Waals surface area (Å²) in [6, 6.07) is 3.20. The molecule has 0 spiro atoms. The molecule has 0 bridgehead atoms. The van der Waals surface area contributed by atoms with Crippen molar-refractivity contribution < 1.29 is 28.5 Å². The summed E-state index contributed by atoms with van der Waals surface area (Å²) >= 11 is 1.70. The fraction of sp³-hybridized carbons (Fsp3) is 0.579. The van der Waals surface area contributed by atoms with Crippen LogP contribution in [0.15, 0.2) is 12.1 Å². The zero-order valence-corrected chi connectivity index (χ0v) is 17.6. The van der Waals surface area contributed by atoms with Crippen LogP contribution in [0.1, 0.15) is 12.5 Å². The van der Waals surface area contributed by atoms with Crippen LogP contribution >= 0.6 is 11.8 Å². The first kappa shape index (κ1) is 22.2. The van der Waals surface area contributed by atoms with E-state index in [1.54, 1.807) is 52.1 Å². The van der Waals surface area contributed by atoms with Crippen molar-refractivity contribution in [1.82, 2.24) is 10.2 Å². The number of rotatable bonds is 9. The molecule has 0 saturated carbocycles. The summed E-state index contributed by atoms with van der Waals surface area (Å²) in [4.78, 5) is 26.4. The summed E-state index contributed by atoms with van der Waals surface area (Å²) in [5.74, 6) is 2.66. The van der Waals surface area contributed by atoms with Gasteiger partial charge in [-0.15, -0.1) is 0 Å². The third-order valence-corrected chi connectivity index (χ3v) is 5.38. The van der Waals surface area contributed by atoms with Crippen LogP contribution in [0.5, 0.6) is 17.2 Å². The smallest absolute Gasteiger partial charge is 0.324 e. The van der Waals surface area contributed by atoms with Gasteiger partial charge in [-0.25, -0.2) is 0 Å². The van der Waals surface area contributed by atoms with Crippen molar-refractivity contribution in [2.45, 2.75) is 19.5 Å². The number of amides is 1. The third kappa shape index (κ3) is 5.68. The van der Waals surface area contributed by atoms with Crippen molar-refractivity contribution in [2.24, 2.45) is 0 Å². The summed E-state index contributed by atoms with van der Waals surface area (Å²) in [5.41, 5.74) is 0.819. The number of hydrogen-bond donors (Lipinski definition) is 1. The lowest BCUT2D eigenvalue weighted by Crippen LogP contribution is -2.51. The molecule has 1 atom stereocenters. The van der Waals surface area contributed by atoms with Gasteiger partial charge in [-0.1, -0.05) is 0 Å². The number of methoxy groups -OCH3 is 3. The highest BCUT2D eigenvalue weighted by Crippen LogP contribution is 2.38. The fourth-order valence-electron chi connectivity index (χ4n) is 2.96. The van der Waals surface area contributed by atoms with Gasteiger partial charge in [0.2, 0.25) is 11.7 Å². The number of hydrogen-bond acceptors (Lipinski definition) is 8. The number of thioether (sulfide) groups is 1. The van der Waals surface area contributed by atoms with E-state index in [1.807, 2.05) is 4.90 Å². The zero-order chi connectivity index (χ0) is 20.5. The Kier molecular flexibility index (Phi) is 8.72. The fourth-order valence-corrected chi connectivity index (χ4v) is 4.06. The van der Waals surface area contributed by atoms with Crippen LogP contribution in [0.4, 0.5) is 0 Å². The maximum atomic E-state index is 12.4. The number of nitrogens with one attached hydrogen (secondary N) is 1. The Morgan fingerprint density at radius 3 is 2.43 bits per heavy atom. The lowest BCUT2D eigenvalue weighted by molar-refractivity contribution is -0.149. The highest BCUT2D eigenvalue weighted by Gasteiger charge is 2.31. The van der Waals surface area contributed by atoms with Gasteiger partial charge in [0.05, 0.1) is 34.5 Å². The number of carbonyl (C=O) groups is 2. The van der Waals surface area contributed by atoms with Crippen LogP contribution < -0.4 is 19.5 Å². The molecule has 0 aliphatic carbocycles. The number of benzene rings is 1. The maximum Gasteiger partial charge on any atom is 0.324 e. The normalized spacial score (nSPS) is 16.9. The number of esters is 1. The van der Waals surface area contributed by atoms with Crippen molar-refractivity contribution in [1.29, 1.82) is 0 Å². The quantitative estimate of drug-likeness (QED) is 0.608. The second kappa shape index (κ2) is 11.0. The molecule has 1 N–H and O–H groups in total. The minimum absolute atomic E-state index is 0.147. The van der Waals surface area contributed by atoms with Crippen LogP contribution in [0.3, 0.4) is 0 Å². The highest BCUT2D eigenvalue weighted by molar-refractivity contribution is 7.99. The molecular weight excluding hydrogens is 384 g/mol. The van der Waals surface area contributed by atoms with E-state index >= 15 is 0 Å². The molecule has 8 nitrogen and oxygen atoms in total. The van der Waals surface area contributed by atoms with Gasteiger partial charge in [0.25, 0.3) is 0 Å². The zero-order valence-electron chi connectivity index (χ0n) is 16.8. The van der Waals surface area contributed by atoms with Gasteiger partial charge in [0.1, 0.15) is 6.04 Å². The van der Waals surface area contributed by atoms with Gasteiger partial charge in [0.15, 0.2) is 11.5 Å². The molecule has 1 aliphatic rings. The van der Waals surface area contributed by atoms with E-state index < -0.39 is 0 Å². The minimum Gasteiger partial charge on any atom is -0.493 e. The summed E-state index contributed by atoms with van der Waals surface area (Å²) in [7, 11) is 4.63. The Balaban J connectivity index is 1.98. The molecule has 1 fully saturated rings. The number of ether oxygens (including phenoxy) is 4. The van der Waals surface area contributed by atoms with Crippen molar-refractivity contribution in [3.63, 3.8) is 0 Å². The molecule has 1 saturated heterocycles. The first-order chi connectivity index (χ1) is 13.5. The molecule has 1 heterocycles. The SMILES string of the molecule is CCOC(=O)C1CSCCN1CC(=O)NCc1cc(OC)c(OC)c(OC)c1. The van der Waals surface area contributed by atoms with Gasteiger partial charge < -0.3 is 24.3 Å². The molecule has 1 aliphatic heterocycles. The predicted octanol–water partition coefficient (Wildman–Crippen LogP) is 1.31. The molecule has 1 aromatic carbocycles. The van der Waals surface area contributed by atoms with E-state index in [2.05, 4.69) is 5.32 Å². The molecule has 156 valence electrons. The molecule has 1 aromatic rings. The molecule has 9 heteroatoms. The summed E-state index contributed by atoms with van der Waals surface area (Å²) < 4.78 is 21.1. The first-order valence-corrected chi connectivity index (χ1v) is 10.2. The van der Waals surface area contributed by atoms with Crippen LogP contribution in [-0.4, -0.2) is 75.3 Å². The Morgan fingerprint density at radius 1 is 1.18 bits per heavy atom. The number of carbonyl (C=O) groups excluding carboxylic acids is 2. The predicted molar refractivity (Wildman–Crippen MR) is 107 cm³/mol. The van der Waals surface area contributed by atoms with E-state index in [-0.39, 0.29) is 24.5 Å². The van der Waals surface area contributed by atoms with Crippen LogP contribution in [-0.2, 0) is 20.9 Å². The average Bonchev–Trinajstić information content (AvgIpc) is 2.71. The van der Waals surface area contributed by atoms with Crippen LogP contribution in [0.2, 0.25) is 0 Å². The summed E-state index contributed by atoms with van der Waals surface area (Å²) in [5, 5.41) is 2.89. The molecule has 0 aromatic heterocycles. The van der Waals surface area contributed by atoms with E-state index in [0.29, 0.717) is 42.7 Å². The van der Waals surface area contributed by atoms with E-state index in [0.717, 1.165) is 11.3 Å². The van der Waals surface area contributed by atoms with Crippen molar-refractivity contribution in [3.05, 3.63) is 17.7 Å². The maximum absolute atomic E-state index is 12.4. The summed E-state index contributed by atoms with van der Waals surface area (Å²) in [6.07, 6.45) is 0.